The molecule has 2 aromatic rings. The van der Waals surface area contributed by atoms with Crippen molar-refractivity contribution in [1.82, 2.24) is 14.8 Å². The van der Waals surface area contributed by atoms with Crippen LogP contribution in [0.15, 0.2) is 35.7 Å². The summed E-state index contributed by atoms with van der Waals surface area (Å²) in [5.41, 5.74) is 2.32. The van der Waals surface area contributed by atoms with Gasteiger partial charge in [-0.3, -0.25) is 4.79 Å². The molecule has 2 heterocycles. The van der Waals surface area contributed by atoms with Crippen LogP contribution in [0.2, 0.25) is 0 Å². The van der Waals surface area contributed by atoms with E-state index in [0.717, 1.165) is 56.3 Å². The molecule has 0 radical (unpaired) electrons. The van der Waals surface area contributed by atoms with Gasteiger partial charge in [0.2, 0.25) is 5.91 Å². The molecular formula is C20H27N3OS. The van der Waals surface area contributed by atoms with Crippen LogP contribution in [0, 0.1) is 6.92 Å². The van der Waals surface area contributed by atoms with Crippen LogP contribution in [0.3, 0.4) is 0 Å². The van der Waals surface area contributed by atoms with Crippen molar-refractivity contribution < 1.29 is 4.79 Å². The smallest absolute Gasteiger partial charge is 0.228 e. The van der Waals surface area contributed by atoms with Crippen LogP contribution in [0.4, 0.5) is 0 Å². The van der Waals surface area contributed by atoms with Gasteiger partial charge in [-0.25, -0.2) is 4.98 Å². The number of thiazole rings is 1. The fourth-order valence-electron chi connectivity index (χ4n) is 3.35. The molecule has 0 N–H and O–H groups in total. The number of benzene rings is 1. The molecule has 0 bridgehead atoms. The summed E-state index contributed by atoms with van der Waals surface area (Å²) in [5.74, 6) is 0.219. The van der Waals surface area contributed by atoms with Gasteiger partial charge in [-0.15, -0.1) is 11.3 Å². The zero-order valence-corrected chi connectivity index (χ0v) is 15.8. The third-order valence-corrected chi connectivity index (χ3v) is 5.55. The quantitative estimate of drug-likeness (QED) is 0.797. The van der Waals surface area contributed by atoms with Crippen LogP contribution in [0.25, 0.3) is 0 Å². The van der Waals surface area contributed by atoms with E-state index in [1.54, 1.807) is 11.3 Å². The number of hydrogen-bond donors (Lipinski definition) is 0. The minimum atomic E-state index is 0.219. The van der Waals surface area contributed by atoms with Crippen molar-refractivity contribution in [3.63, 3.8) is 0 Å². The first-order chi connectivity index (χ1) is 12.2. The minimum Gasteiger partial charge on any atom is -0.341 e. The SMILES string of the molecule is Cc1nc(CC(=O)N2CCCN(CCCc3ccccc3)CC2)cs1. The van der Waals surface area contributed by atoms with Gasteiger partial charge in [0.25, 0.3) is 0 Å². The molecular weight excluding hydrogens is 330 g/mol. The number of nitrogens with zero attached hydrogens (tertiary/aromatic N) is 3. The average Bonchev–Trinajstić information content (AvgIpc) is 2.88. The fourth-order valence-corrected chi connectivity index (χ4v) is 3.96. The molecule has 4 nitrogen and oxygen atoms in total. The van der Waals surface area contributed by atoms with Gasteiger partial charge in [0.05, 0.1) is 17.1 Å². The second-order valence-corrected chi connectivity index (χ2v) is 7.76. The first kappa shape index (κ1) is 18.1. The van der Waals surface area contributed by atoms with Gasteiger partial charge in [-0.05, 0) is 44.8 Å². The molecule has 1 fully saturated rings. The van der Waals surface area contributed by atoms with Crippen molar-refractivity contribution in [1.29, 1.82) is 0 Å². The number of carbonyl (C=O) groups excluding carboxylic acids is 1. The van der Waals surface area contributed by atoms with Gasteiger partial charge in [-0.1, -0.05) is 30.3 Å². The zero-order valence-electron chi connectivity index (χ0n) is 15.0. The van der Waals surface area contributed by atoms with Crippen molar-refractivity contribution in [3.8, 4) is 0 Å². The fraction of sp³-hybridized carbons (Fsp3) is 0.500. The van der Waals surface area contributed by atoms with E-state index >= 15 is 0 Å². The highest BCUT2D eigenvalue weighted by molar-refractivity contribution is 7.09. The van der Waals surface area contributed by atoms with Crippen molar-refractivity contribution in [2.45, 2.75) is 32.6 Å². The molecule has 0 unspecified atom stereocenters. The summed E-state index contributed by atoms with van der Waals surface area (Å²) in [5, 5.41) is 3.03. The van der Waals surface area contributed by atoms with Crippen LogP contribution in [-0.4, -0.2) is 53.4 Å². The third kappa shape index (κ3) is 5.65. The van der Waals surface area contributed by atoms with Gasteiger partial charge in [0, 0.05) is 25.0 Å². The van der Waals surface area contributed by atoms with E-state index in [2.05, 4.69) is 40.2 Å². The monoisotopic (exact) mass is 357 g/mol. The summed E-state index contributed by atoms with van der Waals surface area (Å²) in [6.07, 6.45) is 3.81. The Morgan fingerprint density at radius 2 is 2.00 bits per heavy atom. The topological polar surface area (TPSA) is 36.4 Å². The second-order valence-electron chi connectivity index (χ2n) is 6.70. The lowest BCUT2D eigenvalue weighted by molar-refractivity contribution is -0.130. The number of hydrogen-bond acceptors (Lipinski definition) is 4. The number of carbonyl (C=O) groups is 1. The molecule has 1 aromatic carbocycles. The van der Waals surface area contributed by atoms with Crippen LogP contribution in [-0.2, 0) is 17.6 Å². The summed E-state index contributed by atoms with van der Waals surface area (Å²) in [4.78, 5) is 21.4. The Morgan fingerprint density at radius 1 is 1.16 bits per heavy atom. The van der Waals surface area contributed by atoms with Crippen molar-refractivity contribution >= 4 is 17.2 Å². The van der Waals surface area contributed by atoms with Crippen LogP contribution in [0.1, 0.15) is 29.1 Å². The highest BCUT2D eigenvalue weighted by Gasteiger charge is 2.19. The minimum absolute atomic E-state index is 0.219. The second kappa shape index (κ2) is 9.11. The van der Waals surface area contributed by atoms with E-state index in [-0.39, 0.29) is 5.91 Å². The van der Waals surface area contributed by atoms with Gasteiger partial charge in [0.1, 0.15) is 0 Å². The number of aryl methyl sites for hydroxylation is 2. The summed E-state index contributed by atoms with van der Waals surface area (Å²) in [6.45, 7) is 6.88. The predicted octanol–water partition coefficient (Wildman–Crippen LogP) is 3.16. The van der Waals surface area contributed by atoms with Crippen LogP contribution < -0.4 is 0 Å². The standard InChI is InChI=1S/C20H27N3OS/c1-17-21-19(16-25-17)15-20(24)23-12-6-11-22(13-14-23)10-5-9-18-7-3-2-4-8-18/h2-4,7-8,16H,5-6,9-15H2,1H3. The molecule has 1 aromatic heterocycles. The van der Waals surface area contributed by atoms with Crippen LogP contribution in [0.5, 0.6) is 0 Å². The zero-order chi connectivity index (χ0) is 17.5. The molecule has 1 saturated heterocycles. The Balaban J connectivity index is 1.41. The predicted molar refractivity (Wildman–Crippen MR) is 103 cm³/mol. The summed E-state index contributed by atoms with van der Waals surface area (Å²) >= 11 is 1.61. The normalized spacial score (nSPS) is 16.0. The molecule has 3 rings (SSSR count). The lowest BCUT2D eigenvalue weighted by atomic mass is 10.1. The summed E-state index contributed by atoms with van der Waals surface area (Å²) < 4.78 is 0. The van der Waals surface area contributed by atoms with Gasteiger partial charge in [0.15, 0.2) is 0 Å². The molecule has 5 heteroatoms. The Kier molecular flexibility index (Phi) is 6.59. The van der Waals surface area contributed by atoms with Crippen LogP contribution >= 0.6 is 11.3 Å². The van der Waals surface area contributed by atoms with Gasteiger partial charge >= 0.3 is 0 Å². The van der Waals surface area contributed by atoms with Crippen molar-refractivity contribution in [2.24, 2.45) is 0 Å². The maximum Gasteiger partial charge on any atom is 0.228 e. The summed E-state index contributed by atoms with van der Waals surface area (Å²) in [7, 11) is 0. The molecule has 0 saturated carbocycles. The first-order valence-electron chi connectivity index (χ1n) is 9.16. The number of amides is 1. The van der Waals surface area contributed by atoms with Crippen molar-refractivity contribution in [3.05, 3.63) is 52.0 Å². The van der Waals surface area contributed by atoms with E-state index < -0.39 is 0 Å². The Labute approximate surface area is 154 Å². The Bertz CT molecular complexity index is 671. The Hall–Kier alpha value is -1.72. The lowest BCUT2D eigenvalue weighted by Crippen LogP contribution is -2.36. The maximum absolute atomic E-state index is 12.5. The lowest BCUT2D eigenvalue weighted by Gasteiger charge is -2.22. The number of aromatic nitrogens is 1. The first-order valence-corrected chi connectivity index (χ1v) is 10.0. The van der Waals surface area contributed by atoms with E-state index in [4.69, 9.17) is 0 Å². The largest absolute Gasteiger partial charge is 0.341 e. The molecule has 25 heavy (non-hydrogen) atoms. The molecule has 0 aliphatic carbocycles. The molecule has 1 aliphatic rings. The maximum atomic E-state index is 12.5. The molecule has 1 aliphatic heterocycles. The highest BCUT2D eigenvalue weighted by Crippen LogP contribution is 2.12. The van der Waals surface area contributed by atoms with E-state index in [9.17, 15) is 4.79 Å². The highest BCUT2D eigenvalue weighted by atomic mass is 32.1. The molecule has 134 valence electrons. The average molecular weight is 358 g/mol. The third-order valence-electron chi connectivity index (χ3n) is 4.72. The summed E-state index contributed by atoms with van der Waals surface area (Å²) in [6, 6.07) is 10.7. The van der Waals surface area contributed by atoms with Gasteiger partial charge < -0.3 is 9.80 Å². The molecule has 0 spiro atoms. The van der Waals surface area contributed by atoms with Gasteiger partial charge in [-0.2, -0.15) is 0 Å². The van der Waals surface area contributed by atoms with Crippen molar-refractivity contribution in [2.75, 3.05) is 32.7 Å². The van der Waals surface area contributed by atoms with E-state index in [1.807, 2.05) is 17.2 Å². The van der Waals surface area contributed by atoms with E-state index in [0.29, 0.717) is 6.42 Å². The molecule has 1 amide bonds. The number of rotatable bonds is 6. The Morgan fingerprint density at radius 3 is 2.76 bits per heavy atom. The van der Waals surface area contributed by atoms with E-state index in [1.165, 1.54) is 12.0 Å². The molecule has 0 atom stereocenters.